The summed E-state index contributed by atoms with van der Waals surface area (Å²) in [4.78, 5) is 21.3. The number of aromatic nitrogens is 3. The fourth-order valence-corrected chi connectivity index (χ4v) is 1.63. The SMILES string of the molecule is CN(C)C(=O)NCCNc1nc(NN)cn2ccnc12. The van der Waals surface area contributed by atoms with Crippen LogP contribution in [0.2, 0.25) is 0 Å². The van der Waals surface area contributed by atoms with Crippen LogP contribution in [0.4, 0.5) is 16.4 Å². The quantitative estimate of drug-likeness (QED) is 0.339. The standard InChI is InChI=1S/C11H18N8O/c1-18(2)11(20)15-4-3-13-9-10-14-5-6-19(10)7-8(16-9)17-12/h5-7,17H,3-4,12H2,1-2H3,(H,13,16)(H,15,20). The van der Waals surface area contributed by atoms with E-state index in [0.717, 1.165) is 0 Å². The summed E-state index contributed by atoms with van der Waals surface area (Å²) in [5, 5.41) is 5.87. The Balaban J connectivity index is 1.99. The highest BCUT2D eigenvalue weighted by molar-refractivity contribution is 5.73. The van der Waals surface area contributed by atoms with Crippen LogP contribution in [0.3, 0.4) is 0 Å². The molecule has 0 fully saturated rings. The van der Waals surface area contributed by atoms with Crippen molar-refractivity contribution in [1.82, 2.24) is 24.6 Å². The normalized spacial score (nSPS) is 10.3. The Bertz CT molecular complexity index is 593. The molecule has 9 nitrogen and oxygen atoms in total. The van der Waals surface area contributed by atoms with Gasteiger partial charge in [0.25, 0.3) is 0 Å². The minimum Gasteiger partial charge on any atom is -0.365 e. The predicted molar refractivity (Wildman–Crippen MR) is 76.4 cm³/mol. The number of nitrogen functional groups attached to an aromatic ring is 1. The van der Waals surface area contributed by atoms with Gasteiger partial charge in [-0.3, -0.25) is 0 Å². The van der Waals surface area contributed by atoms with Crippen molar-refractivity contribution in [2.45, 2.75) is 0 Å². The van der Waals surface area contributed by atoms with Crippen molar-refractivity contribution in [2.75, 3.05) is 37.9 Å². The number of rotatable bonds is 5. The Hall–Kier alpha value is -2.55. The first-order chi connectivity index (χ1) is 9.61. The van der Waals surface area contributed by atoms with Crippen LogP contribution in [0, 0.1) is 0 Å². The van der Waals surface area contributed by atoms with Crippen LogP contribution < -0.4 is 21.9 Å². The van der Waals surface area contributed by atoms with Gasteiger partial charge in [0.2, 0.25) is 0 Å². The van der Waals surface area contributed by atoms with Crippen molar-refractivity contribution in [3.05, 3.63) is 18.6 Å². The third-order valence-corrected chi connectivity index (χ3v) is 2.62. The number of nitrogens with one attached hydrogen (secondary N) is 3. The predicted octanol–water partition coefficient (Wildman–Crippen LogP) is -0.302. The van der Waals surface area contributed by atoms with Gasteiger partial charge in [-0.2, -0.15) is 0 Å². The molecule has 0 aliphatic carbocycles. The zero-order valence-electron chi connectivity index (χ0n) is 11.4. The molecule has 0 atom stereocenters. The molecule has 2 aromatic rings. The van der Waals surface area contributed by atoms with Crippen molar-refractivity contribution >= 4 is 23.3 Å². The van der Waals surface area contributed by atoms with E-state index < -0.39 is 0 Å². The van der Waals surface area contributed by atoms with Gasteiger partial charge in [0.15, 0.2) is 17.3 Å². The maximum absolute atomic E-state index is 11.4. The highest BCUT2D eigenvalue weighted by Gasteiger charge is 2.07. The molecule has 2 rings (SSSR count). The fourth-order valence-electron chi connectivity index (χ4n) is 1.63. The molecule has 0 spiro atoms. The first kappa shape index (κ1) is 13.9. The molecule has 2 amide bonds. The van der Waals surface area contributed by atoms with Crippen LogP contribution in [0.5, 0.6) is 0 Å². The first-order valence-electron chi connectivity index (χ1n) is 6.11. The van der Waals surface area contributed by atoms with Crippen LogP contribution >= 0.6 is 0 Å². The summed E-state index contributed by atoms with van der Waals surface area (Å²) in [6, 6.07) is -0.136. The number of carbonyl (C=O) groups is 1. The molecular formula is C11H18N8O. The van der Waals surface area contributed by atoms with E-state index in [1.54, 1.807) is 32.7 Å². The van der Waals surface area contributed by atoms with Gasteiger partial charge in [-0.1, -0.05) is 0 Å². The zero-order chi connectivity index (χ0) is 14.5. The molecule has 0 bridgehead atoms. The Kier molecular flexibility index (Phi) is 4.20. The van der Waals surface area contributed by atoms with Gasteiger partial charge in [0, 0.05) is 39.6 Å². The van der Waals surface area contributed by atoms with Gasteiger partial charge in [0.05, 0.1) is 6.20 Å². The number of hydrogen-bond donors (Lipinski definition) is 4. The smallest absolute Gasteiger partial charge is 0.316 e. The van der Waals surface area contributed by atoms with Crippen LogP contribution in [0.25, 0.3) is 5.65 Å². The number of nitrogens with zero attached hydrogens (tertiary/aromatic N) is 4. The van der Waals surface area contributed by atoms with E-state index in [1.165, 1.54) is 4.90 Å². The summed E-state index contributed by atoms with van der Waals surface area (Å²) in [6.07, 6.45) is 5.22. The van der Waals surface area contributed by atoms with Crippen molar-refractivity contribution in [1.29, 1.82) is 0 Å². The van der Waals surface area contributed by atoms with Crippen molar-refractivity contribution in [3.63, 3.8) is 0 Å². The average Bonchev–Trinajstić information content (AvgIpc) is 2.91. The number of nitrogens with two attached hydrogens (primary N) is 1. The van der Waals surface area contributed by atoms with E-state index in [1.807, 2.05) is 4.40 Å². The third-order valence-electron chi connectivity index (χ3n) is 2.62. The van der Waals surface area contributed by atoms with Crippen LogP contribution in [0.1, 0.15) is 0 Å². The third kappa shape index (κ3) is 3.06. The molecule has 2 aromatic heterocycles. The molecule has 0 aliphatic heterocycles. The van der Waals surface area contributed by atoms with Crippen LogP contribution in [0.15, 0.2) is 18.6 Å². The summed E-state index contributed by atoms with van der Waals surface area (Å²) in [6.45, 7) is 1.01. The maximum atomic E-state index is 11.4. The summed E-state index contributed by atoms with van der Waals surface area (Å²) >= 11 is 0. The Morgan fingerprint density at radius 2 is 2.25 bits per heavy atom. The number of anilines is 2. The van der Waals surface area contributed by atoms with Crippen molar-refractivity contribution in [2.24, 2.45) is 5.84 Å². The van der Waals surface area contributed by atoms with Gasteiger partial charge in [-0.25, -0.2) is 20.6 Å². The number of carbonyl (C=O) groups excluding carboxylic acids is 1. The summed E-state index contributed by atoms with van der Waals surface area (Å²) in [5.41, 5.74) is 3.19. The Morgan fingerprint density at radius 1 is 1.45 bits per heavy atom. The van der Waals surface area contributed by atoms with Crippen LogP contribution in [-0.4, -0.2) is 52.5 Å². The van der Waals surface area contributed by atoms with Gasteiger partial charge in [0.1, 0.15) is 0 Å². The molecule has 2 heterocycles. The fraction of sp³-hybridized carbons (Fsp3) is 0.364. The van der Waals surface area contributed by atoms with E-state index in [4.69, 9.17) is 5.84 Å². The zero-order valence-corrected chi connectivity index (χ0v) is 11.4. The average molecular weight is 278 g/mol. The lowest BCUT2D eigenvalue weighted by atomic mass is 10.5. The number of urea groups is 1. The summed E-state index contributed by atoms with van der Waals surface area (Å²) in [5.74, 6) is 6.49. The molecule has 0 radical (unpaired) electrons. The highest BCUT2D eigenvalue weighted by Crippen LogP contribution is 2.15. The molecule has 20 heavy (non-hydrogen) atoms. The summed E-state index contributed by atoms with van der Waals surface area (Å²) in [7, 11) is 3.38. The largest absolute Gasteiger partial charge is 0.365 e. The van der Waals surface area contributed by atoms with E-state index >= 15 is 0 Å². The van der Waals surface area contributed by atoms with E-state index in [9.17, 15) is 4.79 Å². The highest BCUT2D eigenvalue weighted by atomic mass is 16.2. The first-order valence-corrected chi connectivity index (χ1v) is 6.11. The van der Waals surface area contributed by atoms with E-state index in [2.05, 4.69) is 26.0 Å². The molecule has 0 aromatic carbocycles. The minimum atomic E-state index is -0.136. The molecule has 108 valence electrons. The van der Waals surface area contributed by atoms with Gasteiger partial charge in [-0.05, 0) is 0 Å². The number of fused-ring (bicyclic) bond motifs is 1. The lowest BCUT2D eigenvalue weighted by Crippen LogP contribution is -2.37. The molecular weight excluding hydrogens is 260 g/mol. The molecule has 0 unspecified atom stereocenters. The lowest BCUT2D eigenvalue weighted by molar-refractivity contribution is 0.218. The molecule has 9 heteroatoms. The number of imidazole rings is 1. The maximum Gasteiger partial charge on any atom is 0.316 e. The van der Waals surface area contributed by atoms with Crippen molar-refractivity contribution < 1.29 is 4.79 Å². The monoisotopic (exact) mass is 278 g/mol. The van der Waals surface area contributed by atoms with E-state index in [0.29, 0.717) is 30.4 Å². The van der Waals surface area contributed by atoms with Gasteiger partial charge in [-0.15, -0.1) is 0 Å². The van der Waals surface area contributed by atoms with Gasteiger partial charge < -0.3 is 25.4 Å². The second kappa shape index (κ2) is 6.06. The number of hydrogen-bond acceptors (Lipinski definition) is 6. The van der Waals surface area contributed by atoms with Crippen molar-refractivity contribution in [3.8, 4) is 0 Å². The second-order valence-corrected chi connectivity index (χ2v) is 4.33. The van der Waals surface area contributed by atoms with E-state index in [-0.39, 0.29) is 6.03 Å². The molecule has 0 aliphatic rings. The summed E-state index contributed by atoms with van der Waals surface area (Å²) < 4.78 is 1.81. The number of hydrazine groups is 1. The lowest BCUT2D eigenvalue weighted by Gasteiger charge is -2.13. The second-order valence-electron chi connectivity index (χ2n) is 4.33. The molecule has 0 saturated heterocycles. The number of amides is 2. The Labute approximate surface area is 116 Å². The molecule has 0 saturated carbocycles. The Morgan fingerprint density at radius 3 is 2.95 bits per heavy atom. The van der Waals surface area contributed by atoms with Gasteiger partial charge >= 0.3 is 6.03 Å². The van der Waals surface area contributed by atoms with Crippen LogP contribution in [-0.2, 0) is 0 Å². The minimum absolute atomic E-state index is 0.136. The topological polar surface area (TPSA) is 113 Å². The molecule has 5 N–H and O–H groups in total.